The highest BCUT2D eigenvalue weighted by Gasteiger charge is 2.43. The van der Waals surface area contributed by atoms with Crippen molar-refractivity contribution < 1.29 is 4.79 Å². The van der Waals surface area contributed by atoms with Gasteiger partial charge in [-0.2, -0.15) is 0 Å². The Kier molecular flexibility index (Phi) is 2.15. The van der Waals surface area contributed by atoms with Gasteiger partial charge in [-0.1, -0.05) is 18.2 Å². The second-order valence-corrected chi connectivity index (χ2v) is 5.31. The van der Waals surface area contributed by atoms with Crippen LogP contribution in [0.1, 0.15) is 41.4 Å². The van der Waals surface area contributed by atoms with Crippen LogP contribution in [0.25, 0.3) is 0 Å². The third kappa shape index (κ3) is 1.33. The van der Waals surface area contributed by atoms with Gasteiger partial charge >= 0.3 is 0 Å². The van der Waals surface area contributed by atoms with E-state index in [2.05, 4.69) is 37.2 Å². The molecule has 2 nitrogen and oxygen atoms in total. The van der Waals surface area contributed by atoms with E-state index >= 15 is 0 Å². The molecule has 0 heterocycles. The van der Waals surface area contributed by atoms with E-state index in [4.69, 9.17) is 0 Å². The summed E-state index contributed by atoms with van der Waals surface area (Å²) >= 11 is 0. The number of ketones is 1. The molecular weight excluding hydrogens is 198 g/mol. The molecule has 16 heavy (non-hydrogen) atoms. The Morgan fingerprint density at radius 3 is 2.94 bits per heavy atom. The summed E-state index contributed by atoms with van der Waals surface area (Å²) < 4.78 is 0. The lowest BCUT2D eigenvalue weighted by Gasteiger charge is -2.20. The lowest BCUT2D eigenvalue weighted by Crippen LogP contribution is -2.16. The highest BCUT2D eigenvalue weighted by atomic mass is 16.1. The summed E-state index contributed by atoms with van der Waals surface area (Å²) in [6, 6.07) is 6.53. The van der Waals surface area contributed by atoms with Crippen LogP contribution in [-0.4, -0.2) is 24.8 Å². The first-order valence-electron chi connectivity index (χ1n) is 5.96. The summed E-state index contributed by atoms with van der Waals surface area (Å²) in [6.07, 6.45) is 1.85. The van der Waals surface area contributed by atoms with Crippen molar-refractivity contribution in [3.63, 3.8) is 0 Å². The minimum absolute atomic E-state index is 0.219. The Hall–Kier alpha value is -1.15. The van der Waals surface area contributed by atoms with Gasteiger partial charge in [-0.25, -0.2) is 0 Å². The minimum atomic E-state index is 0.219. The second-order valence-electron chi connectivity index (χ2n) is 5.31. The van der Waals surface area contributed by atoms with E-state index in [0.29, 0.717) is 11.7 Å². The van der Waals surface area contributed by atoms with Crippen molar-refractivity contribution in [2.75, 3.05) is 14.1 Å². The zero-order valence-corrected chi connectivity index (χ0v) is 9.86. The lowest BCUT2D eigenvalue weighted by atomic mass is 9.87. The average molecular weight is 215 g/mol. The quantitative estimate of drug-likeness (QED) is 0.754. The number of carbonyl (C=O) groups excluding carboxylic acids is 1. The molecular formula is C14H17NO. The zero-order chi connectivity index (χ0) is 11.3. The Morgan fingerprint density at radius 2 is 2.19 bits per heavy atom. The molecule has 0 radical (unpaired) electrons. The number of hydrogen-bond donors (Lipinski definition) is 0. The molecule has 2 heteroatoms. The van der Waals surface area contributed by atoms with Gasteiger partial charge in [0.1, 0.15) is 5.78 Å². The fraction of sp³-hybridized carbons (Fsp3) is 0.500. The fourth-order valence-corrected chi connectivity index (χ4v) is 3.29. The summed E-state index contributed by atoms with van der Waals surface area (Å²) in [5.74, 6) is 1.20. The predicted octanol–water partition coefficient (Wildman–Crippen LogP) is 2.29. The average Bonchev–Trinajstić information content (AvgIpc) is 2.74. The number of Topliss-reactive ketones (excluding diaryl/α,β-unsaturated/α-hetero) is 1. The van der Waals surface area contributed by atoms with Gasteiger partial charge in [0.25, 0.3) is 0 Å². The van der Waals surface area contributed by atoms with E-state index in [0.717, 1.165) is 19.4 Å². The SMILES string of the molecule is CN(C)Cc1cccc2c1C1CC2CC1=O. The van der Waals surface area contributed by atoms with Crippen LogP contribution in [0.3, 0.4) is 0 Å². The molecule has 84 valence electrons. The molecule has 2 bridgehead atoms. The first-order valence-corrected chi connectivity index (χ1v) is 5.96. The van der Waals surface area contributed by atoms with Gasteiger partial charge in [0.05, 0.1) is 0 Å². The summed E-state index contributed by atoms with van der Waals surface area (Å²) in [4.78, 5) is 14.0. The third-order valence-electron chi connectivity index (χ3n) is 3.86. The van der Waals surface area contributed by atoms with E-state index in [-0.39, 0.29) is 5.92 Å². The molecule has 0 aliphatic heterocycles. The van der Waals surface area contributed by atoms with Crippen molar-refractivity contribution in [1.82, 2.24) is 4.90 Å². The summed E-state index contributed by atoms with van der Waals surface area (Å²) in [7, 11) is 4.16. The molecule has 1 aromatic carbocycles. The molecule has 0 spiro atoms. The predicted molar refractivity (Wildman–Crippen MR) is 63.6 cm³/mol. The monoisotopic (exact) mass is 215 g/mol. The maximum atomic E-state index is 11.8. The highest BCUT2D eigenvalue weighted by molar-refractivity contribution is 5.92. The molecule has 2 unspecified atom stereocenters. The van der Waals surface area contributed by atoms with Crippen molar-refractivity contribution in [2.24, 2.45) is 0 Å². The van der Waals surface area contributed by atoms with Gasteiger partial charge < -0.3 is 4.90 Å². The molecule has 3 rings (SSSR count). The number of rotatable bonds is 2. The lowest BCUT2D eigenvalue weighted by molar-refractivity contribution is -0.118. The number of carbonyl (C=O) groups is 1. The molecule has 1 saturated carbocycles. The Balaban J connectivity index is 2.07. The molecule has 0 saturated heterocycles. The van der Waals surface area contributed by atoms with Crippen LogP contribution in [0.4, 0.5) is 0 Å². The van der Waals surface area contributed by atoms with Gasteiger partial charge in [0.2, 0.25) is 0 Å². The zero-order valence-electron chi connectivity index (χ0n) is 9.86. The first kappa shape index (κ1) is 10.0. The van der Waals surface area contributed by atoms with Crippen LogP contribution in [-0.2, 0) is 11.3 Å². The number of fused-ring (bicyclic) bond motifs is 5. The summed E-state index contributed by atoms with van der Waals surface area (Å²) in [6.45, 7) is 0.944. The van der Waals surface area contributed by atoms with E-state index < -0.39 is 0 Å². The normalized spacial score (nSPS) is 26.6. The van der Waals surface area contributed by atoms with Crippen molar-refractivity contribution in [3.05, 3.63) is 34.9 Å². The number of nitrogens with zero attached hydrogens (tertiary/aromatic N) is 1. The largest absolute Gasteiger partial charge is 0.305 e. The molecule has 0 N–H and O–H groups in total. The Morgan fingerprint density at radius 1 is 1.38 bits per heavy atom. The van der Waals surface area contributed by atoms with Gasteiger partial charge in [-0.05, 0) is 43.1 Å². The number of benzene rings is 1. The third-order valence-corrected chi connectivity index (χ3v) is 3.86. The Bertz CT molecular complexity index is 450. The molecule has 1 fully saturated rings. The first-order chi connectivity index (χ1) is 7.66. The fourth-order valence-electron chi connectivity index (χ4n) is 3.29. The molecule has 0 aromatic heterocycles. The molecule has 1 aromatic rings. The van der Waals surface area contributed by atoms with Crippen molar-refractivity contribution >= 4 is 5.78 Å². The van der Waals surface area contributed by atoms with Crippen molar-refractivity contribution in [1.29, 1.82) is 0 Å². The Labute approximate surface area is 96.3 Å². The van der Waals surface area contributed by atoms with Crippen LogP contribution in [0.15, 0.2) is 18.2 Å². The van der Waals surface area contributed by atoms with Gasteiger partial charge in [0.15, 0.2) is 0 Å². The second kappa shape index (κ2) is 3.42. The van der Waals surface area contributed by atoms with Crippen molar-refractivity contribution in [3.8, 4) is 0 Å². The van der Waals surface area contributed by atoms with Crippen LogP contribution in [0.5, 0.6) is 0 Å². The van der Waals surface area contributed by atoms with E-state index in [1.54, 1.807) is 0 Å². The van der Waals surface area contributed by atoms with Gasteiger partial charge in [-0.15, -0.1) is 0 Å². The van der Waals surface area contributed by atoms with Crippen LogP contribution < -0.4 is 0 Å². The summed E-state index contributed by atoms with van der Waals surface area (Å²) in [5.41, 5.74) is 4.16. The topological polar surface area (TPSA) is 20.3 Å². The van der Waals surface area contributed by atoms with Gasteiger partial charge in [-0.3, -0.25) is 4.79 Å². The van der Waals surface area contributed by atoms with Crippen LogP contribution in [0.2, 0.25) is 0 Å². The van der Waals surface area contributed by atoms with E-state index in [1.807, 2.05) is 0 Å². The summed E-state index contributed by atoms with van der Waals surface area (Å²) in [5, 5.41) is 0. The smallest absolute Gasteiger partial charge is 0.140 e. The maximum Gasteiger partial charge on any atom is 0.140 e. The molecule has 2 atom stereocenters. The minimum Gasteiger partial charge on any atom is -0.305 e. The molecule has 2 aliphatic rings. The molecule has 2 aliphatic carbocycles. The maximum absolute atomic E-state index is 11.8. The number of hydrogen-bond acceptors (Lipinski definition) is 2. The van der Waals surface area contributed by atoms with Crippen LogP contribution in [0, 0.1) is 0 Å². The van der Waals surface area contributed by atoms with Crippen LogP contribution >= 0.6 is 0 Å². The van der Waals surface area contributed by atoms with Gasteiger partial charge in [0, 0.05) is 18.9 Å². The van der Waals surface area contributed by atoms with Crippen molar-refractivity contribution in [2.45, 2.75) is 31.2 Å². The van der Waals surface area contributed by atoms with E-state index in [9.17, 15) is 4.79 Å². The standard InChI is InChI=1S/C14H17NO/c1-15(2)8-9-4-3-5-11-10-6-12(14(9)11)13(16)7-10/h3-5,10,12H,6-8H2,1-2H3. The molecule has 0 amide bonds. The highest BCUT2D eigenvalue weighted by Crippen LogP contribution is 2.52. The van der Waals surface area contributed by atoms with E-state index in [1.165, 1.54) is 16.7 Å².